The van der Waals surface area contributed by atoms with Gasteiger partial charge >= 0.3 is 0 Å². The van der Waals surface area contributed by atoms with Crippen LogP contribution in [0.15, 0.2) is 41.3 Å². The van der Waals surface area contributed by atoms with Crippen molar-refractivity contribution in [1.29, 1.82) is 0 Å². The minimum Gasteiger partial charge on any atom is -0.301 e. The van der Waals surface area contributed by atoms with E-state index in [-0.39, 0.29) is 16.0 Å². The number of likely N-dealkylation sites (N-methyl/N-ethyl adjacent to an activating group) is 1. The molecule has 2 heterocycles. The van der Waals surface area contributed by atoms with Crippen LogP contribution in [0, 0.1) is 6.92 Å². The second kappa shape index (κ2) is 8.30. The lowest BCUT2D eigenvalue weighted by Gasteiger charge is -2.33. The molecule has 164 valence electrons. The number of hydrogen-bond acceptors (Lipinski definition) is 4. The number of sulfonamides is 1. The summed E-state index contributed by atoms with van der Waals surface area (Å²) in [6.07, 6.45) is 0. The zero-order chi connectivity index (χ0) is 22.5. The third kappa shape index (κ3) is 4.30. The second-order valence-corrected chi connectivity index (χ2v) is 10.6. The van der Waals surface area contributed by atoms with Crippen molar-refractivity contribution in [2.75, 3.05) is 18.3 Å². The SMILES string of the molecule is Cc1nn(C)c(Cl)c1S(=O)(=O)Nc1cccc(C2CN(C)Cc3c(Cl)cc(Cl)cc32)c1. The highest BCUT2D eigenvalue weighted by molar-refractivity contribution is 7.92. The first-order chi connectivity index (χ1) is 14.6. The molecule has 1 aromatic heterocycles. The minimum absolute atomic E-state index is 0.00174. The average molecular weight is 500 g/mol. The smallest absolute Gasteiger partial charge is 0.266 e. The molecule has 0 fully saturated rings. The van der Waals surface area contributed by atoms with E-state index in [0.717, 1.165) is 29.8 Å². The maximum atomic E-state index is 13.0. The summed E-state index contributed by atoms with van der Waals surface area (Å²) in [5.41, 5.74) is 3.83. The zero-order valence-corrected chi connectivity index (χ0v) is 20.2. The number of aromatic nitrogens is 2. The summed E-state index contributed by atoms with van der Waals surface area (Å²) in [7, 11) is -0.276. The maximum absolute atomic E-state index is 13.0. The highest BCUT2D eigenvalue weighted by Gasteiger charge is 2.28. The van der Waals surface area contributed by atoms with Crippen molar-refractivity contribution in [1.82, 2.24) is 14.7 Å². The third-order valence-corrected chi connectivity index (χ3v) is 8.03. The van der Waals surface area contributed by atoms with Gasteiger partial charge < -0.3 is 4.90 Å². The van der Waals surface area contributed by atoms with Crippen LogP contribution in [0.4, 0.5) is 5.69 Å². The van der Waals surface area contributed by atoms with Crippen molar-refractivity contribution in [3.05, 3.63) is 74.0 Å². The van der Waals surface area contributed by atoms with Crippen LogP contribution in [0.2, 0.25) is 15.2 Å². The summed E-state index contributed by atoms with van der Waals surface area (Å²) in [4.78, 5) is 2.16. The predicted octanol–water partition coefficient (Wildman–Crippen LogP) is 5.07. The van der Waals surface area contributed by atoms with E-state index < -0.39 is 10.0 Å². The van der Waals surface area contributed by atoms with E-state index in [1.54, 1.807) is 26.1 Å². The summed E-state index contributed by atoms with van der Waals surface area (Å²) in [6, 6.07) is 11.0. The summed E-state index contributed by atoms with van der Waals surface area (Å²) >= 11 is 18.9. The molecular formula is C21H21Cl3N4O2S. The van der Waals surface area contributed by atoms with Gasteiger partial charge in [-0.3, -0.25) is 9.40 Å². The Morgan fingerprint density at radius 1 is 1.13 bits per heavy atom. The van der Waals surface area contributed by atoms with Crippen molar-refractivity contribution >= 4 is 50.5 Å². The molecule has 0 spiro atoms. The quantitative estimate of drug-likeness (QED) is 0.544. The molecular weight excluding hydrogens is 479 g/mol. The Hall–Kier alpha value is -1.77. The van der Waals surface area contributed by atoms with Gasteiger partial charge in [-0.05, 0) is 54.9 Å². The first-order valence-corrected chi connectivity index (χ1v) is 12.2. The van der Waals surface area contributed by atoms with Crippen molar-refractivity contribution in [2.24, 2.45) is 7.05 Å². The number of nitrogens with zero attached hydrogens (tertiary/aromatic N) is 3. The van der Waals surface area contributed by atoms with E-state index in [1.165, 1.54) is 4.68 Å². The summed E-state index contributed by atoms with van der Waals surface area (Å²) < 4.78 is 30.0. The van der Waals surface area contributed by atoms with E-state index in [9.17, 15) is 8.42 Å². The number of rotatable bonds is 4. The molecule has 1 atom stereocenters. The van der Waals surface area contributed by atoms with E-state index in [0.29, 0.717) is 21.4 Å². The molecule has 1 unspecified atom stereocenters. The van der Waals surface area contributed by atoms with Crippen LogP contribution in [0.5, 0.6) is 0 Å². The molecule has 0 radical (unpaired) electrons. The third-order valence-electron chi connectivity index (χ3n) is 5.40. The largest absolute Gasteiger partial charge is 0.301 e. The minimum atomic E-state index is -3.90. The van der Waals surface area contributed by atoms with Gasteiger partial charge in [-0.15, -0.1) is 0 Å². The van der Waals surface area contributed by atoms with Crippen LogP contribution in [-0.4, -0.2) is 36.7 Å². The van der Waals surface area contributed by atoms with Crippen LogP contribution >= 0.6 is 34.8 Å². The fourth-order valence-corrected chi connectivity index (χ4v) is 6.44. The van der Waals surface area contributed by atoms with Crippen LogP contribution < -0.4 is 4.72 Å². The van der Waals surface area contributed by atoms with Gasteiger partial charge in [0.05, 0.1) is 5.69 Å². The number of hydrogen-bond donors (Lipinski definition) is 1. The Morgan fingerprint density at radius 2 is 1.87 bits per heavy atom. The molecule has 4 rings (SSSR count). The Bertz CT molecular complexity index is 1270. The summed E-state index contributed by atoms with van der Waals surface area (Å²) in [6.45, 7) is 3.10. The van der Waals surface area contributed by atoms with Gasteiger partial charge in [0.25, 0.3) is 10.0 Å². The molecule has 3 aromatic rings. The van der Waals surface area contributed by atoms with Crippen molar-refractivity contribution < 1.29 is 8.42 Å². The van der Waals surface area contributed by atoms with Gasteiger partial charge in [0.1, 0.15) is 10.0 Å². The number of aryl methyl sites for hydroxylation is 2. The molecule has 1 aliphatic rings. The van der Waals surface area contributed by atoms with Crippen LogP contribution in [0.25, 0.3) is 0 Å². The highest BCUT2D eigenvalue weighted by atomic mass is 35.5. The van der Waals surface area contributed by atoms with Crippen LogP contribution in [0.1, 0.15) is 28.3 Å². The number of fused-ring (bicyclic) bond motifs is 1. The average Bonchev–Trinajstić information content (AvgIpc) is 2.94. The first kappa shape index (κ1) is 22.4. The topological polar surface area (TPSA) is 67.2 Å². The van der Waals surface area contributed by atoms with Gasteiger partial charge in [0.2, 0.25) is 0 Å². The highest BCUT2D eigenvalue weighted by Crippen LogP contribution is 2.39. The normalized spacial score (nSPS) is 16.9. The molecule has 0 aliphatic carbocycles. The number of halogens is 3. The summed E-state index contributed by atoms with van der Waals surface area (Å²) in [5, 5.41) is 5.37. The Labute approximate surface area is 196 Å². The van der Waals surface area contributed by atoms with Crippen LogP contribution in [-0.2, 0) is 23.6 Å². The monoisotopic (exact) mass is 498 g/mol. The van der Waals surface area contributed by atoms with Crippen molar-refractivity contribution in [3.63, 3.8) is 0 Å². The fourth-order valence-electron chi connectivity index (χ4n) is 4.07. The molecule has 1 N–H and O–H groups in total. The number of anilines is 1. The molecule has 0 amide bonds. The number of nitrogens with one attached hydrogen (secondary N) is 1. The first-order valence-electron chi connectivity index (χ1n) is 9.55. The standard InChI is InChI=1S/C21H21Cl3N4O2S/c1-12-20(21(24)28(3)25-12)31(29,30)26-15-6-4-5-13(7-15)17-10-27(2)11-18-16(17)8-14(22)9-19(18)23/h4-9,17,26H,10-11H2,1-3H3. The molecule has 1 aliphatic heterocycles. The van der Waals surface area contributed by atoms with E-state index in [1.807, 2.05) is 31.3 Å². The molecule has 2 aromatic carbocycles. The molecule has 6 nitrogen and oxygen atoms in total. The van der Waals surface area contributed by atoms with Crippen molar-refractivity contribution in [2.45, 2.75) is 24.3 Å². The lowest BCUT2D eigenvalue weighted by molar-refractivity contribution is 0.295. The predicted molar refractivity (Wildman–Crippen MR) is 125 cm³/mol. The van der Waals surface area contributed by atoms with Crippen LogP contribution in [0.3, 0.4) is 0 Å². The lowest BCUT2D eigenvalue weighted by Crippen LogP contribution is -2.31. The molecule has 0 saturated heterocycles. The van der Waals surface area contributed by atoms with Crippen molar-refractivity contribution in [3.8, 4) is 0 Å². The maximum Gasteiger partial charge on any atom is 0.266 e. The Kier molecular flexibility index (Phi) is 6.00. The molecule has 0 bridgehead atoms. The molecule has 10 heteroatoms. The van der Waals surface area contributed by atoms with Gasteiger partial charge in [-0.2, -0.15) is 5.10 Å². The second-order valence-electron chi connectivity index (χ2n) is 7.76. The van der Waals surface area contributed by atoms with Gasteiger partial charge in [-0.1, -0.05) is 46.9 Å². The van der Waals surface area contributed by atoms with E-state index in [4.69, 9.17) is 34.8 Å². The fraction of sp³-hybridized carbons (Fsp3) is 0.286. The van der Waals surface area contributed by atoms with E-state index >= 15 is 0 Å². The number of benzene rings is 2. The Morgan fingerprint density at radius 3 is 2.55 bits per heavy atom. The molecule has 0 saturated carbocycles. The lowest BCUT2D eigenvalue weighted by atomic mass is 9.84. The van der Waals surface area contributed by atoms with Gasteiger partial charge in [0.15, 0.2) is 0 Å². The molecule has 31 heavy (non-hydrogen) atoms. The van der Waals surface area contributed by atoms with Gasteiger partial charge in [0, 0.05) is 41.8 Å². The van der Waals surface area contributed by atoms with Gasteiger partial charge in [-0.25, -0.2) is 8.42 Å². The Balaban J connectivity index is 1.72. The zero-order valence-electron chi connectivity index (χ0n) is 17.2. The summed E-state index contributed by atoms with van der Waals surface area (Å²) in [5.74, 6) is -0.00174. The van der Waals surface area contributed by atoms with E-state index in [2.05, 4.69) is 14.7 Å².